The van der Waals surface area contributed by atoms with E-state index in [1.807, 2.05) is 0 Å². The van der Waals surface area contributed by atoms with Crippen LogP contribution in [0.2, 0.25) is 0 Å². The van der Waals surface area contributed by atoms with Crippen LogP contribution in [-0.4, -0.2) is 35.1 Å². The van der Waals surface area contributed by atoms with E-state index < -0.39 is 0 Å². The molecule has 1 heterocycles. The Balaban J connectivity index is 1.82. The first kappa shape index (κ1) is 9.98. The summed E-state index contributed by atoms with van der Waals surface area (Å²) in [5.41, 5.74) is 0.0544. The molecule has 0 radical (unpaired) electrons. The Kier molecular flexibility index (Phi) is 2.78. The lowest BCUT2D eigenvalue weighted by atomic mass is 9.69. The monoisotopic (exact) mass is 214 g/mol. The van der Waals surface area contributed by atoms with Crippen molar-refractivity contribution in [2.24, 2.45) is 10.4 Å². The van der Waals surface area contributed by atoms with Gasteiger partial charge in [-0.15, -0.1) is 0 Å². The van der Waals surface area contributed by atoms with Crippen molar-refractivity contribution in [3.05, 3.63) is 0 Å². The van der Waals surface area contributed by atoms with E-state index in [1.54, 1.807) is 0 Å². The fourth-order valence-corrected chi connectivity index (χ4v) is 2.35. The third-order valence-corrected chi connectivity index (χ3v) is 3.73. The van der Waals surface area contributed by atoms with Crippen LogP contribution in [0.3, 0.4) is 0 Å². The molecule has 0 unspecified atom stereocenters. The summed E-state index contributed by atoms with van der Waals surface area (Å²) in [5.74, 6) is 1.42. The van der Waals surface area contributed by atoms with Crippen LogP contribution in [0.5, 0.6) is 0 Å². The lowest BCUT2D eigenvalue weighted by molar-refractivity contribution is 0.0492. The first-order valence-corrected chi connectivity index (χ1v) is 5.82. The predicted octanol–water partition coefficient (Wildman–Crippen LogP) is 1.00. The lowest BCUT2D eigenvalue weighted by Gasteiger charge is -2.40. The van der Waals surface area contributed by atoms with Gasteiger partial charge in [-0.1, -0.05) is 18.2 Å². The maximum Gasteiger partial charge on any atom is 0.306 e. The summed E-state index contributed by atoms with van der Waals surface area (Å²) < 4.78 is 0. The average Bonchev–Trinajstić information content (AvgIpc) is 2.50. The molecule has 1 saturated carbocycles. The minimum absolute atomic E-state index is 0.0544. The molecular formula is C9H14N2O2S. The molecule has 0 spiro atoms. The molecule has 0 saturated heterocycles. The highest BCUT2D eigenvalue weighted by molar-refractivity contribution is 8.14. The topological polar surface area (TPSA) is 61.7 Å². The number of thioether (sulfide) groups is 1. The van der Waals surface area contributed by atoms with Crippen molar-refractivity contribution in [2.75, 3.05) is 18.9 Å². The molecule has 4 nitrogen and oxygen atoms in total. The van der Waals surface area contributed by atoms with Gasteiger partial charge in [-0.3, -0.25) is 4.79 Å². The fourth-order valence-electron chi connectivity index (χ4n) is 1.75. The standard InChI is InChI=1S/C9H14N2O2S/c12-6-9(2-1-3-9)5-10-7-4-14-8(13)11-7/h12H,1-6H2,(H,10,11,13). The summed E-state index contributed by atoms with van der Waals surface area (Å²) in [7, 11) is 0. The molecule has 1 aliphatic heterocycles. The van der Waals surface area contributed by atoms with Crippen LogP contribution >= 0.6 is 11.8 Å². The fraction of sp³-hybridized carbons (Fsp3) is 0.778. The molecule has 0 aromatic carbocycles. The van der Waals surface area contributed by atoms with Gasteiger partial charge < -0.3 is 10.4 Å². The Bertz CT molecular complexity index is 268. The second kappa shape index (κ2) is 3.90. The van der Waals surface area contributed by atoms with Crippen LogP contribution in [-0.2, 0) is 0 Å². The third kappa shape index (κ3) is 1.93. The van der Waals surface area contributed by atoms with E-state index in [9.17, 15) is 9.90 Å². The van der Waals surface area contributed by atoms with Gasteiger partial charge in [0.2, 0.25) is 0 Å². The number of rotatable bonds is 3. The number of amides is 1. The number of aliphatic hydroxyl groups is 1. The Morgan fingerprint density at radius 2 is 2.36 bits per heavy atom. The molecule has 1 fully saturated rings. The molecule has 5 heteroatoms. The van der Waals surface area contributed by atoms with Gasteiger partial charge in [0.25, 0.3) is 0 Å². The van der Waals surface area contributed by atoms with E-state index in [4.69, 9.17) is 0 Å². The van der Waals surface area contributed by atoms with Gasteiger partial charge in [-0.25, -0.2) is 0 Å². The number of nitrogens with one attached hydrogen (secondary N) is 1. The van der Waals surface area contributed by atoms with Crippen molar-refractivity contribution < 1.29 is 9.90 Å². The van der Waals surface area contributed by atoms with E-state index in [0.29, 0.717) is 5.75 Å². The zero-order chi connectivity index (χ0) is 10.0. The minimum atomic E-state index is -0.112. The number of nitrogens with zero attached hydrogens (tertiary/aromatic N) is 1. The van der Waals surface area contributed by atoms with Crippen molar-refractivity contribution in [1.82, 2.24) is 5.32 Å². The number of aliphatic imine (C=N–C) groups is 1. The Labute approximate surface area is 87.2 Å². The quantitative estimate of drug-likeness (QED) is 0.736. The molecule has 0 bridgehead atoms. The van der Waals surface area contributed by atoms with Gasteiger partial charge in [0, 0.05) is 12.0 Å². The highest BCUT2D eigenvalue weighted by Gasteiger charge is 2.36. The Morgan fingerprint density at radius 3 is 2.79 bits per heavy atom. The van der Waals surface area contributed by atoms with Crippen LogP contribution < -0.4 is 5.32 Å². The maximum atomic E-state index is 10.8. The second-order valence-corrected chi connectivity index (χ2v) is 4.90. The van der Waals surface area contributed by atoms with Gasteiger partial charge >= 0.3 is 5.24 Å². The SMILES string of the molecule is O=C1N=C(NCC2(CO)CCC2)CS1. The summed E-state index contributed by atoms with van der Waals surface area (Å²) in [6.07, 6.45) is 3.35. The first-order valence-electron chi connectivity index (χ1n) is 4.83. The normalized spacial score (nSPS) is 24.4. The van der Waals surface area contributed by atoms with Gasteiger partial charge in [-0.05, 0) is 12.8 Å². The minimum Gasteiger partial charge on any atom is -0.396 e. The molecule has 0 aromatic heterocycles. The summed E-state index contributed by atoms with van der Waals surface area (Å²) >= 11 is 1.22. The molecule has 78 valence electrons. The van der Waals surface area contributed by atoms with Crippen molar-refractivity contribution in [1.29, 1.82) is 0 Å². The molecule has 1 amide bonds. The zero-order valence-electron chi connectivity index (χ0n) is 7.95. The second-order valence-electron chi connectivity index (χ2n) is 3.98. The van der Waals surface area contributed by atoms with Crippen molar-refractivity contribution in [3.63, 3.8) is 0 Å². The number of hydrogen-bond acceptors (Lipinski definition) is 4. The van der Waals surface area contributed by atoms with Gasteiger partial charge in [0.05, 0.1) is 12.4 Å². The first-order chi connectivity index (χ1) is 6.74. The third-order valence-electron chi connectivity index (χ3n) is 2.98. The molecule has 2 N–H and O–H groups in total. The predicted molar refractivity (Wildman–Crippen MR) is 56.7 cm³/mol. The van der Waals surface area contributed by atoms with E-state index in [1.165, 1.54) is 18.2 Å². The summed E-state index contributed by atoms with van der Waals surface area (Å²) in [4.78, 5) is 14.6. The zero-order valence-corrected chi connectivity index (χ0v) is 8.77. The number of carbonyl (C=O) groups is 1. The number of carbonyl (C=O) groups excluding carboxylic acids is 1. The number of amidine groups is 1. The highest BCUT2D eigenvalue weighted by atomic mass is 32.2. The molecule has 2 rings (SSSR count). The number of hydrogen-bond donors (Lipinski definition) is 2. The maximum absolute atomic E-state index is 10.8. The summed E-state index contributed by atoms with van der Waals surface area (Å²) in [6.45, 7) is 0.977. The van der Waals surface area contributed by atoms with E-state index >= 15 is 0 Å². The molecule has 14 heavy (non-hydrogen) atoms. The van der Waals surface area contributed by atoms with Crippen molar-refractivity contribution in [3.8, 4) is 0 Å². The van der Waals surface area contributed by atoms with Crippen LogP contribution in [0, 0.1) is 5.41 Å². The number of aliphatic hydroxyl groups excluding tert-OH is 1. The summed E-state index contributed by atoms with van der Waals surface area (Å²) in [5, 5.41) is 12.3. The largest absolute Gasteiger partial charge is 0.396 e. The molecule has 2 aliphatic rings. The van der Waals surface area contributed by atoms with Crippen LogP contribution in [0.15, 0.2) is 4.99 Å². The molecular weight excluding hydrogens is 200 g/mol. The molecule has 0 atom stereocenters. The average molecular weight is 214 g/mol. The Morgan fingerprint density at radius 1 is 1.57 bits per heavy atom. The van der Waals surface area contributed by atoms with Crippen LogP contribution in [0.25, 0.3) is 0 Å². The van der Waals surface area contributed by atoms with E-state index in [0.717, 1.165) is 25.2 Å². The van der Waals surface area contributed by atoms with Crippen molar-refractivity contribution >= 4 is 22.8 Å². The Hall–Kier alpha value is -0.550. The van der Waals surface area contributed by atoms with E-state index in [-0.39, 0.29) is 17.3 Å². The summed E-state index contributed by atoms with van der Waals surface area (Å²) in [6, 6.07) is 0. The molecule has 0 aromatic rings. The van der Waals surface area contributed by atoms with Gasteiger partial charge in [0.15, 0.2) is 0 Å². The van der Waals surface area contributed by atoms with Gasteiger partial charge in [-0.2, -0.15) is 4.99 Å². The van der Waals surface area contributed by atoms with Crippen LogP contribution in [0.1, 0.15) is 19.3 Å². The molecule has 1 aliphatic carbocycles. The smallest absolute Gasteiger partial charge is 0.306 e. The van der Waals surface area contributed by atoms with Crippen LogP contribution in [0.4, 0.5) is 4.79 Å². The van der Waals surface area contributed by atoms with Gasteiger partial charge in [0.1, 0.15) is 5.84 Å². The van der Waals surface area contributed by atoms with E-state index in [2.05, 4.69) is 10.3 Å². The van der Waals surface area contributed by atoms with Crippen molar-refractivity contribution in [2.45, 2.75) is 19.3 Å². The highest BCUT2D eigenvalue weighted by Crippen LogP contribution is 2.39. The lowest BCUT2D eigenvalue weighted by Crippen LogP contribution is -2.44.